The molecule has 25 heavy (non-hydrogen) atoms. The highest BCUT2D eigenvalue weighted by molar-refractivity contribution is 7.10. The van der Waals surface area contributed by atoms with Crippen molar-refractivity contribution in [3.63, 3.8) is 0 Å². The first kappa shape index (κ1) is 19.0. The number of carbonyl (C=O) groups excluding carboxylic acids is 2. The summed E-state index contributed by atoms with van der Waals surface area (Å²) in [6.07, 6.45) is 0.101. The minimum absolute atomic E-state index is 0.101. The Labute approximate surface area is 152 Å². The van der Waals surface area contributed by atoms with Gasteiger partial charge in [-0.1, -0.05) is 24.3 Å². The molecular weight excluding hydrogens is 338 g/mol. The topological polar surface area (TPSA) is 64.6 Å². The maximum Gasteiger partial charge on any atom is 0.308 e. The SMILES string of the molecule is CC(=O)NC(CC(=O)OCCOc1c(C)cccc1C)c1cccs1. The zero-order valence-corrected chi connectivity index (χ0v) is 15.5. The third kappa shape index (κ3) is 5.90. The first-order valence-electron chi connectivity index (χ1n) is 8.12. The van der Waals surface area contributed by atoms with Crippen molar-refractivity contribution < 1.29 is 19.1 Å². The van der Waals surface area contributed by atoms with Gasteiger partial charge in [0.15, 0.2) is 0 Å². The molecule has 0 aliphatic rings. The van der Waals surface area contributed by atoms with E-state index in [1.165, 1.54) is 18.3 Å². The molecule has 0 bridgehead atoms. The Morgan fingerprint density at radius 1 is 1.12 bits per heavy atom. The van der Waals surface area contributed by atoms with Crippen LogP contribution >= 0.6 is 11.3 Å². The van der Waals surface area contributed by atoms with Crippen molar-refractivity contribution >= 4 is 23.2 Å². The fraction of sp³-hybridized carbons (Fsp3) is 0.368. The van der Waals surface area contributed by atoms with Gasteiger partial charge in [-0.3, -0.25) is 9.59 Å². The van der Waals surface area contributed by atoms with Crippen LogP contribution in [0.2, 0.25) is 0 Å². The van der Waals surface area contributed by atoms with Gasteiger partial charge in [-0.25, -0.2) is 0 Å². The average molecular weight is 361 g/mol. The summed E-state index contributed by atoms with van der Waals surface area (Å²) in [5.41, 5.74) is 2.10. The minimum Gasteiger partial charge on any atom is -0.489 e. The molecule has 2 aromatic rings. The van der Waals surface area contributed by atoms with E-state index < -0.39 is 0 Å². The van der Waals surface area contributed by atoms with Crippen molar-refractivity contribution in [1.29, 1.82) is 0 Å². The van der Waals surface area contributed by atoms with Crippen LogP contribution in [-0.4, -0.2) is 25.1 Å². The van der Waals surface area contributed by atoms with Gasteiger partial charge in [0.25, 0.3) is 0 Å². The quantitative estimate of drug-likeness (QED) is 0.577. The van der Waals surface area contributed by atoms with Crippen LogP contribution in [0, 0.1) is 13.8 Å². The van der Waals surface area contributed by atoms with Gasteiger partial charge in [0.2, 0.25) is 5.91 Å². The highest BCUT2D eigenvalue weighted by Gasteiger charge is 2.19. The van der Waals surface area contributed by atoms with E-state index in [1.54, 1.807) is 0 Å². The molecule has 0 spiro atoms. The Bertz CT molecular complexity index is 692. The van der Waals surface area contributed by atoms with Crippen molar-refractivity contribution in [2.24, 2.45) is 0 Å². The first-order valence-corrected chi connectivity index (χ1v) is 9.00. The van der Waals surface area contributed by atoms with Crippen LogP contribution in [0.4, 0.5) is 0 Å². The minimum atomic E-state index is -0.364. The van der Waals surface area contributed by atoms with E-state index >= 15 is 0 Å². The lowest BCUT2D eigenvalue weighted by atomic mass is 10.1. The van der Waals surface area contributed by atoms with Crippen molar-refractivity contribution in [3.05, 3.63) is 51.7 Å². The number of nitrogens with one attached hydrogen (secondary N) is 1. The molecule has 0 aliphatic heterocycles. The molecule has 1 N–H and O–H groups in total. The normalized spacial score (nSPS) is 11.6. The molecule has 0 radical (unpaired) electrons. The molecule has 1 aromatic heterocycles. The number of thiophene rings is 1. The van der Waals surface area contributed by atoms with E-state index in [0.717, 1.165) is 21.8 Å². The zero-order valence-electron chi connectivity index (χ0n) is 14.7. The second-order valence-electron chi connectivity index (χ2n) is 5.76. The van der Waals surface area contributed by atoms with Crippen LogP contribution in [-0.2, 0) is 14.3 Å². The number of aryl methyl sites for hydroxylation is 2. The monoisotopic (exact) mass is 361 g/mol. The summed E-state index contributed by atoms with van der Waals surface area (Å²) in [6, 6.07) is 9.36. The number of hydrogen-bond acceptors (Lipinski definition) is 5. The van der Waals surface area contributed by atoms with Gasteiger partial charge >= 0.3 is 5.97 Å². The number of benzene rings is 1. The summed E-state index contributed by atoms with van der Waals surface area (Å²) in [5, 5.41) is 4.69. The lowest BCUT2D eigenvalue weighted by Gasteiger charge is -2.16. The molecule has 1 heterocycles. The Balaban J connectivity index is 1.80. The number of amides is 1. The summed E-state index contributed by atoms with van der Waals surface area (Å²) < 4.78 is 11.0. The Hall–Kier alpha value is -2.34. The van der Waals surface area contributed by atoms with E-state index in [1.807, 2.05) is 49.6 Å². The summed E-state index contributed by atoms with van der Waals surface area (Å²) in [4.78, 5) is 24.3. The molecule has 1 aromatic carbocycles. The number of para-hydroxylation sites is 1. The Morgan fingerprint density at radius 2 is 1.84 bits per heavy atom. The molecule has 1 atom stereocenters. The second kappa shape index (κ2) is 9.22. The van der Waals surface area contributed by atoms with E-state index in [2.05, 4.69) is 5.32 Å². The average Bonchev–Trinajstić information content (AvgIpc) is 3.07. The molecule has 1 unspecified atom stereocenters. The van der Waals surface area contributed by atoms with Gasteiger partial charge < -0.3 is 14.8 Å². The van der Waals surface area contributed by atoms with Crippen molar-refractivity contribution in [3.8, 4) is 5.75 Å². The number of esters is 1. The molecule has 0 saturated heterocycles. The molecular formula is C19H23NO4S. The molecule has 2 rings (SSSR count). The third-order valence-corrected chi connectivity index (χ3v) is 4.62. The standard InChI is InChI=1S/C19H23NO4S/c1-13-6-4-7-14(2)19(13)24-10-9-23-18(22)12-16(20-15(3)21)17-8-5-11-25-17/h4-8,11,16H,9-10,12H2,1-3H3,(H,20,21). The summed E-state index contributed by atoms with van der Waals surface area (Å²) in [5.74, 6) is 0.287. The summed E-state index contributed by atoms with van der Waals surface area (Å²) >= 11 is 1.50. The molecule has 0 aliphatic carbocycles. The zero-order chi connectivity index (χ0) is 18.2. The maximum absolute atomic E-state index is 12.1. The second-order valence-corrected chi connectivity index (χ2v) is 6.74. The summed E-state index contributed by atoms with van der Waals surface area (Å²) in [7, 11) is 0. The van der Waals surface area contributed by atoms with Crippen LogP contribution in [0.25, 0.3) is 0 Å². The summed E-state index contributed by atoms with van der Waals surface area (Å²) in [6.45, 7) is 5.86. The Morgan fingerprint density at radius 3 is 2.44 bits per heavy atom. The van der Waals surface area contributed by atoms with Crippen LogP contribution in [0.3, 0.4) is 0 Å². The molecule has 0 saturated carbocycles. The van der Waals surface area contributed by atoms with Gasteiger partial charge in [-0.2, -0.15) is 0 Å². The van der Waals surface area contributed by atoms with E-state index in [4.69, 9.17) is 9.47 Å². The van der Waals surface area contributed by atoms with Gasteiger partial charge in [-0.05, 0) is 36.4 Å². The molecule has 5 nitrogen and oxygen atoms in total. The van der Waals surface area contributed by atoms with E-state index in [0.29, 0.717) is 6.61 Å². The van der Waals surface area contributed by atoms with Gasteiger partial charge in [0.05, 0.1) is 12.5 Å². The number of carbonyl (C=O) groups is 2. The maximum atomic E-state index is 12.1. The number of hydrogen-bond donors (Lipinski definition) is 1. The highest BCUT2D eigenvalue weighted by Crippen LogP contribution is 2.23. The first-order chi connectivity index (χ1) is 12.0. The van der Waals surface area contributed by atoms with Crippen molar-refractivity contribution in [2.75, 3.05) is 13.2 Å². The molecule has 1 amide bonds. The highest BCUT2D eigenvalue weighted by atomic mass is 32.1. The number of rotatable bonds is 8. The van der Waals surface area contributed by atoms with Crippen LogP contribution in [0.15, 0.2) is 35.7 Å². The fourth-order valence-corrected chi connectivity index (χ4v) is 3.29. The van der Waals surface area contributed by atoms with E-state index in [9.17, 15) is 9.59 Å². The predicted octanol–water partition coefficient (Wildman–Crippen LogP) is 3.55. The van der Waals surface area contributed by atoms with Crippen LogP contribution in [0.1, 0.15) is 35.4 Å². The fourth-order valence-electron chi connectivity index (χ4n) is 2.51. The van der Waals surface area contributed by atoms with Gasteiger partial charge in [0.1, 0.15) is 19.0 Å². The molecule has 134 valence electrons. The van der Waals surface area contributed by atoms with Crippen molar-refractivity contribution in [2.45, 2.75) is 33.2 Å². The van der Waals surface area contributed by atoms with E-state index in [-0.39, 0.29) is 30.9 Å². The smallest absolute Gasteiger partial charge is 0.308 e. The lowest BCUT2D eigenvalue weighted by Crippen LogP contribution is -2.28. The third-order valence-electron chi connectivity index (χ3n) is 3.64. The van der Waals surface area contributed by atoms with Crippen LogP contribution in [0.5, 0.6) is 5.75 Å². The van der Waals surface area contributed by atoms with Crippen molar-refractivity contribution in [1.82, 2.24) is 5.32 Å². The molecule has 6 heteroatoms. The lowest BCUT2D eigenvalue weighted by molar-refractivity contribution is -0.145. The van der Waals surface area contributed by atoms with Gasteiger partial charge in [0, 0.05) is 11.8 Å². The number of ether oxygens (including phenoxy) is 2. The molecule has 0 fully saturated rings. The largest absolute Gasteiger partial charge is 0.489 e. The van der Waals surface area contributed by atoms with Crippen LogP contribution < -0.4 is 10.1 Å². The predicted molar refractivity (Wildman–Crippen MR) is 97.9 cm³/mol. The Kier molecular flexibility index (Phi) is 7.01. The van der Waals surface area contributed by atoms with Gasteiger partial charge in [-0.15, -0.1) is 11.3 Å².